The molecule has 5 N–H and O–H groups in total. The largest absolute Gasteiger partial charge is 0.497 e. The summed E-state index contributed by atoms with van der Waals surface area (Å²) in [6.07, 6.45) is -1.89. The van der Waals surface area contributed by atoms with Crippen molar-refractivity contribution in [2.75, 3.05) is 27.2 Å². The Labute approximate surface area is 452 Å². The molecule has 5 fully saturated rings. The Morgan fingerprint density at radius 3 is 2.23 bits per heavy atom. The molecule has 12 atom stereocenters. The number of nitrogens with one attached hydrogen (secondary N) is 3. The van der Waals surface area contributed by atoms with Gasteiger partial charge in [0.1, 0.15) is 47.8 Å². The highest BCUT2D eigenvalue weighted by Gasteiger charge is 2.78. The summed E-state index contributed by atoms with van der Waals surface area (Å²) in [7, 11) is 3.02. The molecule has 4 unspecified atom stereocenters. The number of carbonyl (C=O) groups is 9. The number of likely N-dealkylation sites (N-methyl/N-ethyl adjacent to an activating group) is 1. The van der Waals surface area contributed by atoms with Crippen LogP contribution >= 0.6 is 0 Å². The molecule has 0 aromatic heterocycles. The molecule has 6 aliphatic rings. The number of methoxy groups -OCH3 is 1. The lowest BCUT2D eigenvalue weighted by atomic mass is 9.88. The number of likely N-dealkylation sites (tertiary alicyclic amines) is 1. The quantitative estimate of drug-likeness (QED) is 0.140. The summed E-state index contributed by atoms with van der Waals surface area (Å²) in [5.74, 6) is -5.92. The van der Waals surface area contributed by atoms with Crippen LogP contribution < -0.4 is 20.7 Å². The van der Waals surface area contributed by atoms with Crippen LogP contribution in [0.5, 0.6) is 5.75 Å². The molecule has 21 nitrogen and oxygen atoms in total. The van der Waals surface area contributed by atoms with Gasteiger partial charge in [-0.1, -0.05) is 61.0 Å². The number of amides is 6. The average molecular weight is 1080 g/mol. The smallest absolute Gasteiger partial charge is 0.329 e. The third kappa shape index (κ3) is 12.3. The van der Waals surface area contributed by atoms with E-state index in [4.69, 9.17) is 14.2 Å². The van der Waals surface area contributed by atoms with Crippen LogP contribution in [0.15, 0.2) is 18.2 Å². The first kappa shape index (κ1) is 59.0. The number of hydrogen-bond donors (Lipinski definition) is 5. The van der Waals surface area contributed by atoms with Crippen molar-refractivity contribution in [2.45, 2.75) is 212 Å². The van der Waals surface area contributed by atoms with Crippen LogP contribution in [0.2, 0.25) is 0 Å². The standard InChI is InChI=1S/C56H83N7O14/c1-11-32(7)46-42(65)27-45(66)76-43(12-2)48(68)57-37(23-30(3)4)50(70)62-22-14-16-39(62)52(72)63-29-35-25-36(75-10)18-17-34(35)26-41(63)53(73)77-55(19-20-55)56(54(74)59-46)28-44(56)58-47(67)40(24-31(5)6)60(9)51(71)38-15-13-21-61(38)49(69)33(8)64/h17-18,25,30-32,37-44,46,54,59,65,74H,11-16,19-24,26-29H2,1-10H3,(H,57,68)(H,58,67)/t32-,37-,38-,39-,40+,41-,42-,43-,44?,46?,54?,56?/m0/s1. The molecule has 0 radical (unpaired) electrons. The number of aliphatic hydroxyl groups excluding tert-OH is 2. The molecule has 77 heavy (non-hydrogen) atoms. The van der Waals surface area contributed by atoms with Gasteiger partial charge in [-0.15, -0.1) is 0 Å². The molecular weight excluding hydrogens is 995 g/mol. The number of rotatable bonds is 13. The van der Waals surface area contributed by atoms with Crippen LogP contribution in [0.25, 0.3) is 0 Å². The zero-order valence-electron chi connectivity index (χ0n) is 46.6. The molecule has 2 aliphatic carbocycles. The Morgan fingerprint density at radius 2 is 1.61 bits per heavy atom. The fraction of sp³-hybridized carbons (Fsp3) is 0.732. The van der Waals surface area contributed by atoms with Crippen molar-refractivity contribution in [3.8, 4) is 5.75 Å². The normalized spacial score (nSPS) is 30.6. The first-order valence-electron chi connectivity index (χ1n) is 27.9. The minimum Gasteiger partial charge on any atom is -0.497 e. The van der Waals surface area contributed by atoms with Crippen LogP contribution in [-0.4, -0.2) is 177 Å². The molecular formula is C56H83N7O14. The molecule has 1 aromatic rings. The Hall–Kier alpha value is -5.67. The molecule has 4 heterocycles. The minimum absolute atomic E-state index is 0.0279. The van der Waals surface area contributed by atoms with Gasteiger partial charge < -0.3 is 54.7 Å². The lowest BCUT2D eigenvalue weighted by Crippen LogP contribution is -2.60. The highest BCUT2D eigenvalue weighted by molar-refractivity contribution is 6.35. The topological polar surface area (TPSA) is 271 Å². The van der Waals surface area contributed by atoms with E-state index < -0.39 is 137 Å². The maximum Gasteiger partial charge on any atom is 0.329 e. The zero-order chi connectivity index (χ0) is 56.4. The number of carbonyl (C=O) groups excluding carboxylic acids is 9. The summed E-state index contributed by atoms with van der Waals surface area (Å²) in [6, 6.07) is -1.76. The van der Waals surface area contributed by atoms with E-state index in [1.807, 2.05) is 47.6 Å². The Bertz CT molecular complexity index is 2430. The minimum atomic E-state index is -1.60. The van der Waals surface area contributed by atoms with Crippen LogP contribution in [-0.2, 0) is 65.6 Å². The summed E-state index contributed by atoms with van der Waals surface area (Å²) in [4.78, 5) is 132. The number of Topliss-reactive ketones (excluding diaryl/α,β-unsaturated/α-hetero) is 1. The van der Waals surface area contributed by atoms with Gasteiger partial charge in [-0.25, -0.2) is 4.79 Å². The van der Waals surface area contributed by atoms with Crippen molar-refractivity contribution in [1.29, 1.82) is 0 Å². The number of aliphatic hydroxyl groups is 2. The SMILES string of the molecule is CC[C@@H]1OC(=O)C[C@H](O)C([C@@H](C)CC)NC(O)C2(CC2NC(=O)[C@@H](CC(C)C)N(C)C(=O)[C@@H]2CCCN2C(=O)C(C)=O)C2(CC2)OC(=O)[C@@H]2Cc3ccc(OC)cc3CN2C(=O)[C@@H]2CCCN2C(=O)[C@H](CC(C)C)NC1=O. The lowest BCUT2D eigenvalue weighted by molar-refractivity contribution is -0.173. The van der Waals surface area contributed by atoms with Crippen LogP contribution in [0, 0.1) is 23.2 Å². The van der Waals surface area contributed by atoms with E-state index in [2.05, 4.69) is 16.0 Å². The molecule has 21 heteroatoms. The highest BCUT2D eigenvalue weighted by atomic mass is 16.6. The fourth-order valence-corrected chi connectivity index (χ4v) is 12.4. The number of fused-ring (bicyclic) bond motifs is 4. The summed E-state index contributed by atoms with van der Waals surface area (Å²) in [5.41, 5.74) is -1.38. The third-order valence-corrected chi connectivity index (χ3v) is 17.1. The Kier molecular flexibility index (Phi) is 18.5. The maximum atomic E-state index is 15.3. The number of nitrogens with zero attached hydrogens (tertiary/aromatic N) is 4. The first-order valence-corrected chi connectivity index (χ1v) is 27.9. The summed E-state index contributed by atoms with van der Waals surface area (Å²) < 4.78 is 18.0. The second-order valence-corrected chi connectivity index (χ2v) is 23.4. The van der Waals surface area contributed by atoms with E-state index >= 15 is 9.59 Å². The van der Waals surface area contributed by atoms with Gasteiger partial charge in [0, 0.05) is 52.1 Å². The zero-order valence-corrected chi connectivity index (χ0v) is 46.6. The highest BCUT2D eigenvalue weighted by Crippen LogP contribution is 2.68. The predicted octanol–water partition coefficient (Wildman–Crippen LogP) is 2.28. The molecule has 1 aromatic carbocycles. The van der Waals surface area contributed by atoms with Crippen molar-refractivity contribution < 1.29 is 67.6 Å². The predicted molar refractivity (Wildman–Crippen MR) is 279 cm³/mol. The monoisotopic (exact) mass is 1080 g/mol. The molecule has 2 spiro atoms. The van der Waals surface area contributed by atoms with Crippen LogP contribution in [0.4, 0.5) is 0 Å². The van der Waals surface area contributed by atoms with E-state index in [1.54, 1.807) is 19.1 Å². The number of hydrogen-bond acceptors (Lipinski definition) is 15. The maximum absolute atomic E-state index is 15.3. The second-order valence-electron chi connectivity index (χ2n) is 23.4. The Balaban J connectivity index is 1.28. The number of cyclic esters (lactones) is 1. The Morgan fingerprint density at radius 1 is 0.909 bits per heavy atom. The number of ether oxygens (including phenoxy) is 3. The van der Waals surface area contributed by atoms with Crippen molar-refractivity contribution >= 4 is 53.2 Å². The molecule has 4 aliphatic heterocycles. The van der Waals surface area contributed by atoms with E-state index in [-0.39, 0.29) is 82.8 Å². The van der Waals surface area contributed by atoms with Gasteiger partial charge in [-0.05, 0) is 105 Å². The molecule has 6 amide bonds. The van der Waals surface area contributed by atoms with E-state index in [1.165, 1.54) is 33.8 Å². The first-order chi connectivity index (χ1) is 36.4. The van der Waals surface area contributed by atoms with E-state index in [9.17, 15) is 43.8 Å². The van der Waals surface area contributed by atoms with Gasteiger partial charge in [-0.2, -0.15) is 0 Å². The van der Waals surface area contributed by atoms with Gasteiger partial charge in [0.25, 0.3) is 11.8 Å². The van der Waals surface area contributed by atoms with Gasteiger partial charge in [0.05, 0.1) is 25.0 Å². The van der Waals surface area contributed by atoms with E-state index in [0.717, 1.165) is 18.1 Å². The molecule has 0 bridgehead atoms. The van der Waals surface area contributed by atoms with Crippen LogP contribution in [0.3, 0.4) is 0 Å². The number of ketones is 1. The van der Waals surface area contributed by atoms with Gasteiger partial charge in [0.2, 0.25) is 29.4 Å². The third-order valence-electron chi connectivity index (χ3n) is 17.1. The second kappa shape index (κ2) is 24.1. The van der Waals surface area contributed by atoms with Crippen molar-refractivity contribution in [3.05, 3.63) is 29.3 Å². The number of benzene rings is 1. The van der Waals surface area contributed by atoms with Gasteiger partial charge in [-0.3, -0.25) is 43.7 Å². The molecule has 7 rings (SSSR count). The van der Waals surface area contributed by atoms with Gasteiger partial charge in [0.15, 0.2) is 6.10 Å². The summed E-state index contributed by atoms with van der Waals surface area (Å²) in [6.45, 7) is 14.5. The number of esters is 2. The van der Waals surface area contributed by atoms with Crippen LogP contribution in [0.1, 0.15) is 144 Å². The fourth-order valence-electron chi connectivity index (χ4n) is 12.4. The van der Waals surface area contributed by atoms with E-state index in [0.29, 0.717) is 31.4 Å². The van der Waals surface area contributed by atoms with Crippen molar-refractivity contribution in [2.24, 2.45) is 23.2 Å². The average Bonchev–Trinajstić information content (AvgIpc) is 4.23. The molecule has 2 saturated carbocycles. The van der Waals surface area contributed by atoms with Crippen molar-refractivity contribution in [1.82, 2.24) is 35.6 Å². The lowest BCUT2D eigenvalue weighted by Gasteiger charge is -2.41. The molecule has 3 saturated heterocycles. The molecule has 426 valence electrons. The van der Waals surface area contributed by atoms with Crippen molar-refractivity contribution in [3.63, 3.8) is 0 Å². The summed E-state index contributed by atoms with van der Waals surface area (Å²) >= 11 is 0. The summed E-state index contributed by atoms with van der Waals surface area (Å²) in [5, 5.41) is 33.8. The van der Waals surface area contributed by atoms with Gasteiger partial charge >= 0.3 is 11.9 Å².